The van der Waals surface area contributed by atoms with E-state index in [1.165, 1.54) is 31.1 Å². The lowest BCUT2D eigenvalue weighted by molar-refractivity contribution is -0.115. The number of carbonyl (C=O) groups is 1. The summed E-state index contributed by atoms with van der Waals surface area (Å²) in [6.07, 6.45) is 1.99. The number of aromatic nitrogens is 2. The van der Waals surface area contributed by atoms with Gasteiger partial charge in [0, 0.05) is 18.0 Å². The SMILES string of the molecule is CCC(Sc1nccc(=O)[nH]1)C(=O)Nc1ccc(OC)c(Cl)c1. The molecule has 0 aliphatic rings. The van der Waals surface area contributed by atoms with Gasteiger partial charge >= 0.3 is 0 Å². The number of hydrogen-bond donors (Lipinski definition) is 2. The summed E-state index contributed by atoms with van der Waals surface area (Å²) in [7, 11) is 1.52. The molecule has 0 saturated carbocycles. The van der Waals surface area contributed by atoms with Crippen LogP contribution in [0.15, 0.2) is 40.4 Å². The molecule has 1 aromatic heterocycles. The molecule has 2 aromatic rings. The van der Waals surface area contributed by atoms with Crippen molar-refractivity contribution in [3.05, 3.63) is 45.8 Å². The number of anilines is 1. The van der Waals surface area contributed by atoms with Gasteiger partial charge in [-0.05, 0) is 24.6 Å². The molecule has 1 amide bonds. The highest BCUT2D eigenvalue weighted by atomic mass is 35.5. The van der Waals surface area contributed by atoms with E-state index in [9.17, 15) is 9.59 Å². The molecule has 2 rings (SSSR count). The fourth-order valence-electron chi connectivity index (χ4n) is 1.84. The molecule has 0 spiro atoms. The Morgan fingerprint density at radius 1 is 1.48 bits per heavy atom. The zero-order chi connectivity index (χ0) is 16.8. The standard InChI is InChI=1S/C15H16ClN3O3S/c1-3-12(23-15-17-7-6-13(20)19-15)14(21)18-9-4-5-11(22-2)10(16)8-9/h4-8,12H,3H2,1-2H3,(H,18,21)(H,17,19,20). The number of benzene rings is 1. The molecule has 122 valence electrons. The zero-order valence-corrected chi connectivity index (χ0v) is 14.2. The van der Waals surface area contributed by atoms with Crippen molar-refractivity contribution < 1.29 is 9.53 Å². The summed E-state index contributed by atoms with van der Waals surface area (Å²) < 4.78 is 5.07. The number of carbonyl (C=O) groups excluding carboxylic acids is 1. The second kappa shape index (κ2) is 8.03. The number of halogens is 1. The molecule has 0 radical (unpaired) electrons. The van der Waals surface area contributed by atoms with Crippen LogP contribution in [0.1, 0.15) is 13.3 Å². The lowest BCUT2D eigenvalue weighted by atomic mass is 10.2. The molecule has 0 saturated heterocycles. The number of aromatic amines is 1. The van der Waals surface area contributed by atoms with Gasteiger partial charge in [-0.25, -0.2) is 4.98 Å². The van der Waals surface area contributed by atoms with Gasteiger partial charge in [0.1, 0.15) is 5.75 Å². The highest BCUT2D eigenvalue weighted by Gasteiger charge is 2.19. The molecule has 23 heavy (non-hydrogen) atoms. The summed E-state index contributed by atoms with van der Waals surface area (Å²) in [6, 6.07) is 6.34. The van der Waals surface area contributed by atoms with Crippen molar-refractivity contribution in [2.45, 2.75) is 23.8 Å². The normalized spacial score (nSPS) is 11.8. The van der Waals surface area contributed by atoms with Crippen LogP contribution in [-0.2, 0) is 4.79 Å². The van der Waals surface area contributed by atoms with Crippen molar-refractivity contribution in [3.63, 3.8) is 0 Å². The van der Waals surface area contributed by atoms with Gasteiger partial charge in [-0.15, -0.1) is 0 Å². The molecular formula is C15H16ClN3O3S. The van der Waals surface area contributed by atoms with E-state index in [4.69, 9.17) is 16.3 Å². The largest absolute Gasteiger partial charge is 0.495 e. The van der Waals surface area contributed by atoms with Crippen LogP contribution in [-0.4, -0.2) is 28.2 Å². The third kappa shape index (κ3) is 4.74. The molecule has 1 aromatic carbocycles. The van der Waals surface area contributed by atoms with Gasteiger partial charge in [-0.1, -0.05) is 30.3 Å². The molecule has 0 aliphatic carbocycles. The van der Waals surface area contributed by atoms with Gasteiger partial charge in [0.2, 0.25) is 5.91 Å². The first-order chi connectivity index (χ1) is 11.0. The minimum Gasteiger partial charge on any atom is -0.495 e. The summed E-state index contributed by atoms with van der Waals surface area (Å²) in [5.41, 5.74) is 0.328. The van der Waals surface area contributed by atoms with Gasteiger partial charge < -0.3 is 15.0 Å². The third-order valence-corrected chi connectivity index (χ3v) is 4.54. The maximum atomic E-state index is 12.4. The van der Waals surface area contributed by atoms with Gasteiger partial charge in [0.15, 0.2) is 5.16 Å². The molecule has 1 heterocycles. The van der Waals surface area contributed by atoms with Crippen molar-refractivity contribution in [2.75, 3.05) is 12.4 Å². The summed E-state index contributed by atoms with van der Waals surface area (Å²) >= 11 is 7.25. The van der Waals surface area contributed by atoms with Crippen LogP contribution in [0, 0.1) is 0 Å². The van der Waals surface area contributed by atoms with Gasteiger partial charge in [0.25, 0.3) is 5.56 Å². The second-order valence-corrected chi connectivity index (χ2v) is 6.19. The highest BCUT2D eigenvalue weighted by molar-refractivity contribution is 8.00. The third-order valence-electron chi connectivity index (χ3n) is 2.98. The first-order valence-electron chi connectivity index (χ1n) is 6.90. The molecule has 1 atom stereocenters. The van der Waals surface area contributed by atoms with Crippen LogP contribution in [0.4, 0.5) is 5.69 Å². The Bertz CT molecular complexity index is 751. The van der Waals surface area contributed by atoms with E-state index in [1.807, 2.05) is 6.92 Å². The average Bonchev–Trinajstić information content (AvgIpc) is 2.52. The Balaban J connectivity index is 2.08. The molecule has 1 unspecified atom stereocenters. The number of hydrogen-bond acceptors (Lipinski definition) is 5. The van der Waals surface area contributed by atoms with E-state index >= 15 is 0 Å². The van der Waals surface area contributed by atoms with E-state index in [-0.39, 0.29) is 16.7 Å². The summed E-state index contributed by atoms with van der Waals surface area (Å²) in [5, 5.41) is 3.24. The van der Waals surface area contributed by atoms with Gasteiger partial charge in [-0.3, -0.25) is 9.59 Å². The quantitative estimate of drug-likeness (QED) is 0.616. The minimum atomic E-state index is -0.388. The van der Waals surface area contributed by atoms with E-state index in [2.05, 4.69) is 15.3 Å². The molecule has 2 N–H and O–H groups in total. The fourth-order valence-corrected chi connectivity index (χ4v) is 2.98. The minimum absolute atomic E-state index is 0.190. The number of ether oxygens (including phenoxy) is 1. The monoisotopic (exact) mass is 353 g/mol. The number of nitrogens with one attached hydrogen (secondary N) is 2. The number of H-pyrrole nitrogens is 1. The Morgan fingerprint density at radius 2 is 2.26 bits per heavy atom. The first kappa shape index (κ1) is 17.4. The Hall–Kier alpha value is -1.99. The first-order valence-corrected chi connectivity index (χ1v) is 8.15. The highest BCUT2D eigenvalue weighted by Crippen LogP contribution is 2.28. The summed E-state index contributed by atoms with van der Waals surface area (Å²) in [6.45, 7) is 1.89. The zero-order valence-electron chi connectivity index (χ0n) is 12.6. The predicted octanol–water partition coefficient (Wildman–Crippen LogP) is 2.94. The Kier molecular flexibility index (Phi) is 6.06. The number of nitrogens with zero attached hydrogens (tertiary/aromatic N) is 1. The van der Waals surface area contributed by atoms with Crippen molar-refractivity contribution in [1.29, 1.82) is 0 Å². The van der Waals surface area contributed by atoms with Gasteiger partial charge in [-0.2, -0.15) is 0 Å². The molecule has 0 aliphatic heterocycles. The molecular weight excluding hydrogens is 338 g/mol. The van der Waals surface area contributed by atoms with Crippen LogP contribution in [0.5, 0.6) is 5.75 Å². The van der Waals surface area contributed by atoms with Crippen molar-refractivity contribution in [3.8, 4) is 5.75 Å². The van der Waals surface area contributed by atoms with Crippen LogP contribution in [0.3, 0.4) is 0 Å². The van der Waals surface area contributed by atoms with E-state index in [0.717, 1.165) is 0 Å². The number of amides is 1. The number of methoxy groups -OCH3 is 1. The molecule has 0 bridgehead atoms. The summed E-state index contributed by atoms with van der Waals surface area (Å²) in [5.74, 6) is 0.349. The Labute approximate surface area is 142 Å². The van der Waals surface area contributed by atoms with Crippen LogP contribution in [0.2, 0.25) is 5.02 Å². The van der Waals surface area contributed by atoms with E-state index in [0.29, 0.717) is 28.0 Å². The lowest BCUT2D eigenvalue weighted by Gasteiger charge is -2.14. The van der Waals surface area contributed by atoms with Crippen molar-refractivity contribution in [1.82, 2.24) is 9.97 Å². The number of rotatable bonds is 6. The van der Waals surface area contributed by atoms with Gasteiger partial charge in [0.05, 0.1) is 17.4 Å². The van der Waals surface area contributed by atoms with Crippen LogP contribution < -0.4 is 15.6 Å². The maximum absolute atomic E-state index is 12.4. The van der Waals surface area contributed by atoms with Crippen molar-refractivity contribution in [2.24, 2.45) is 0 Å². The maximum Gasteiger partial charge on any atom is 0.251 e. The fraction of sp³-hybridized carbons (Fsp3) is 0.267. The topological polar surface area (TPSA) is 84.1 Å². The average molecular weight is 354 g/mol. The molecule has 0 fully saturated rings. The predicted molar refractivity (Wildman–Crippen MR) is 91.4 cm³/mol. The van der Waals surface area contributed by atoms with E-state index in [1.54, 1.807) is 18.2 Å². The van der Waals surface area contributed by atoms with E-state index < -0.39 is 0 Å². The smallest absolute Gasteiger partial charge is 0.251 e. The number of thioether (sulfide) groups is 1. The van der Waals surface area contributed by atoms with Crippen molar-refractivity contribution >= 4 is 35.0 Å². The lowest BCUT2D eigenvalue weighted by Crippen LogP contribution is -2.25. The molecule has 6 nitrogen and oxygen atoms in total. The second-order valence-electron chi connectivity index (χ2n) is 4.59. The summed E-state index contributed by atoms with van der Waals surface area (Å²) in [4.78, 5) is 30.3. The Morgan fingerprint density at radius 3 is 2.87 bits per heavy atom. The molecule has 8 heteroatoms. The van der Waals surface area contributed by atoms with Crippen LogP contribution >= 0.6 is 23.4 Å². The van der Waals surface area contributed by atoms with Crippen LogP contribution in [0.25, 0.3) is 0 Å².